The minimum absolute atomic E-state index is 1.27. The van der Waals surface area contributed by atoms with Crippen LogP contribution in [0.1, 0.15) is 96.8 Å². The second-order valence-electron chi connectivity index (χ2n) is 6.68. The first-order valence-electron chi connectivity index (χ1n) is 10.1. The van der Waals surface area contributed by atoms with Crippen LogP contribution < -0.4 is 0 Å². The fourth-order valence-electron chi connectivity index (χ4n) is 2.86. The third-order valence-electron chi connectivity index (χ3n) is 4.39. The maximum Gasteiger partial charge on any atom is 0.0279 e. The van der Waals surface area contributed by atoms with E-state index in [-0.39, 0.29) is 0 Å². The first kappa shape index (κ1) is 21.9. The second kappa shape index (κ2) is 17.7. The Bertz CT molecular complexity index is 356. The van der Waals surface area contributed by atoms with Gasteiger partial charge in [0.05, 0.1) is 0 Å². The molecule has 24 heavy (non-hydrogen) atoms. The van der Waals surface area contributed by atoms with E-state index in [9.17, 15) is 0 Å². The van der Waals surface area contributed by atoms with Crippen molar-refractivity contribution in [2.75, 3.05) is 5.75 Å². The lowest BCUT2D eigenvalue weighted by molar-refractivity contribution is 0.538. The number of hydrogen-bond donors (Lipinski definition) is 0. The predicted octanol–water partition coefficient (Wildman–Crippen LogP) is 8.30. The van der Waals surface area contributed by atoms with Crippen LogP contribution >= 0.6 is 21.6 Å². The number of pyridine rings is 1. The van der Waals surface area contributed by atoms with Gasteiger partial charge in [-0.15, -0.1) is 0 Å². The van der Waals surface area contributed by atoms with Crippen molar-refractivity contribution in [3.8, 4) is 0 Å². The molecule has 3 heteroatoms. The van der Waals surface area contributed by atoms with Gasteiger partial charge in [0.25, 0.3) is 0 Å². The topological polar surface area (TPSA) is 12.9 Å². The molecule has 0 atom stereocenters. The SMILES string of the molecule is CCCCCCCCCCCCCCCCSSc1ccncc1. The molecule has 0 saturated carbocycles. The first-order valence-corrected chi connectivity index (χ1v) is 12.4. The molecule has 1 nitrogen and oxygen atoms in total. The Morgan fingerprint density at radius 2 is 1.12 bits per heavy atom. The van der Waals surface area contributed by atoms with E-state index in [0.29, 0.717) is 0 Å². The highest BCUT2D eigenvalue weighted by atomic mass is 33.1. The maximum atomic E-state index is 4.05. The summed E-state index contributed by atoms with van der Waals surface area (Å²) in [6.07, 6.45) is 23.9. The molecule has 0 unspecified atom stereocenters. The summed E-state index contributed by atoms with van der Waals surface area (Å²) in [5.74, 6) is 1.27. The van der Waals surface area contributed by atoms with E-state index in [1.807, 2.05) is 34.0 Å². The summed E-state index contributed by atoms with van der Waals surface area (Å²) in [4.78, 5) is 5.37. The van der Waals surface area contributed by atoms with Crippen LogP contribution in [0.25, 0.3) is 0 Å². The first-order chi connectivity index (χ1) is 11.9. The van der Waals surface area contributed by atoms with Crippen molar-refractivity contribution in [2.45, 2.75) is 102 Å². The highest BCUT2D eigenvalue weighted by molar-refractivity contribution is 8.76. The Morgan fingerprint density at radius 3 is 1.62 bits per heavy atom. The lowest BCUT2D eigenvalue weighted by atomic mass is 10.0. The van der Waals surface area contributed by atoms with Crippen molar-refractivity contribution < 1.29 is 0 Å². The minimum atomic E-state index is 1.27. The molecule has 0 aromatic carbocycles. The molecule has 1 aromatic heterocycles. The van der Waals surface area contributed by atoms with Gasteiger partial charge in [0, 0.05) is 23.0 Å². The van der Waals surface area contributed by atoms with Crippen LogP contribution in [0.15, 0.2) is 29.4 Å². The zero-order chi connectivity index (χ0) is 17.1. The molecule has 1 aromatic rings. The Morgan fingerprint density at radius 1 is 0.667 bits per heavy atom. The molecule has 138 valence electrons. The number of unbranched alkanes of at least 4 members (excludes halogenated alkanes) is 13. The predicted molar refractivity (Wildman–Crippen MR) is 113 cm³/mol. The van der Waals surface area contributed by atoms with Crippen molar-refractivity contribution in [1.82, 2.24) is 4.98 Å². The highest BCUT2D eigenvalue weighted by Gasteiger charge is 1.96. The van der Waals surface area contributed by atoms with Gasteiger partial charge in [0.1, 0.15) is 0 Å². The molecule has 0 aliphatic carbocycles. The van der Waals surface area contributed by atoms with E-state index >= 15 is 0 Å². The third kappa shape index (κ3) is 14.2. The minimum Gasteiger partial charge on any atom is -0.265 e. The Hall–Kier alpha value is -0.150. The Labute approximate surface area is 158 Å². The van der Waals surface area contributed by atoms with Crippen LogP contribution in [0.3, 0.4) is 0 Å². The van der Waals surface area contributed by atoms with Crippen molar-refractivity contribution in [2.24, 2.45) is 0 Å². The lowest BCUT2D eigenvalue weighted by Crippen LogP contribution is -1.84. The standard InChI is InChI=1S/C21H37NS2/c1-2-3-4-5-6-7-8-9-10-11-12-13-14-15-20-23-24-21-16-18-22-19-17-21/h16-19H,2-15,20H2,1H3. The molecule has 0 aliphatic rings. The van der Waals surface area contributed by atoms with Gasteiger partial charge in [0.15, 0.2) is 0 Å². The van der Waals surface area contributed by atoms with Crippen LogP contribution in [0.2, 0.25) is 0 Å². The van der Waals surface area contributed by atoms with Crippen LogP contribution in [-0.4, -0.2) is 10.7 Å². The molecule has 0 N–H and O–H groups in total. The van der Waals surface area contributed by atoms with E-state index in [4.69, 9.17) is 0 Å². The monoisotopic (exact) mass is 367 g/mol. The van der Waals surface area contributed by atoms with Crippen LogP contribution in [-0.2, 0) is 0 Å². The van der Waals surface area contributed by atoms with E-state index < -0.39 is 0 Å². The van der Waals surface area contributed by atoms with Crippen molar-refractivity contribution in [1.29, 1.82) is 0 Å². The molecule has 0 radical (unpaired) electrons. The van der Waals surface area contributed by atoms with Crippen LogP contribution in [0, 0.1) is 0 Å². The summed E-state index contributed by atoms with van der Waals surface area (Å²) < 4.78 is 0. The summed E-state index contributed by atoms with van der Waals surface area (Å²) in [5, 5.41) is 0. The largest absolute Gasteiger partial charge is 0.265 e. The molecule has 1 heterocycles. The zero-order valence-corrected chi connectivity index (χ0v) is 17.3. The quantitative estimate of drug-likeness (QED) is 0.203. The molecular formula is C21H37NS2. The summed E-state index contributed by atoms with van der Waals surface area (Å²) in [6.45, 7) is 2.29. The van der Waals surface area contributed by atoms with Crippen LogP contribution in [0.4, 0.5) is 0 Å². The highest BCUT2D eigenvalue weighted by Crippen LogP contribution is 2.31. The van der Waals surface area contributed by atoms with E-state index in [1.54, 1.807) is 0 Å². The van der Waals surface area contributed by atoms with Gasteiger partial charge in [-0.1, -0.05) is 112 Å². The summed E-state index contributed by atoms with van der Waals surface area (Å²) in [7, 11) is 3.86. The number of rotatable bonds is 17. The Kier molecular flexibility index (Phi) is 16.1. The maximum absolute atomic E-state index is 4.05. The average Bonchev–Trinajstić information content (AvgIpc) is 2.62. The van der Waals surface area contributed by atoms with Gasteiger partial charge < -0.3 is 0 Å². The van der Waals surface area contributed by atoms with Gasteiger partial charge >= 0.3 is 0 Å². The third-order valence-corrected chi connectivity index (χ3v) is 6.85. The molecule has 0 aliphatic heterocycles. The molecule has 0 spiro atoms. The Balaban J connectivity index is 1.70. The fraction of sp³-hybridized carbons (Fsp3) is 0.762. The molecule has 0 fully saturated rings. The molecular weight excluding hydrogens is 330 g/mol. The van der Waals surface area contributed by atoms with Gasteiger partial charge in [-0.3, -0.25) is 4.98 Å². The van der Waals surface area contributed by atoms with E-state index in [0.717, 1.165) is 0 Å². The fourth-order valence-corrected chi connectivity index (χ4v) is 4.98. The molecule has 1 rings (SSSR count). The second-order valence-corrected chi connectivity index (χ2v) is 9.17. The molecule has 0 bridgehead atoms. The normalized spacial score (nSPS) is 11.0. The van der Waals surface area contributed by atoms with Gasteiger partial charge in [-0.2, -0.15) is 0 Å². The summed E-state index contributed by atoms with van der Waals surface area (Å²) >= 11 is 0. The zero-order valence-electron chi connectivity index (χ0n) is 15.7. The smallest absolute Gasteiger partial charge is 0.0279 e. The van der Waals surface area contributed by atoms with Crippen molar-refractivity contribution in [3.63, 3.8) is 0 Å². The van der Waals surface area contributed by atoms with E-state index in [2.05, 4.69) is 24.0 Å². The van der Waals surface area contributed by atoms with Crippen molar-refractivity contribution in [3.05, 3.63) is 24.5 Å². The molecule has 0 amide bonds. The van der Waals surface area contributed by atoms with Gasteiger partial charge in [-0.05, 0) is 18.6 Å². The number of nitrogens with zero attached hydrogens (tertiary/aromatic N) is 1. The van der Waals surface area contributed by atoms with E-state index in [1.165, 1.54) is 101 Å². The number of aromatic nitrogens is 1. The van der Waals surface area contributed by atoms with Gasteiger partial charge in [-0.25, -0.2) is 0 Å². The summed E-state index contributed by atoms with van der Waals surface area (Å²) in [5.41, 5.74) is 0. The van der Waals surface area contributed by atoms with Gasteiger partial charge in [0.2, 0.25) is 0 Å². The molecule has 0 saturated heterocycles. The summed E-state index contributed by atoms with van der Waals surface area (Å²) in [6, 6.07) is 4.17. The lowest BCUT2D eigenvalue weighted by Gasteiger charge is -2.03. The average molecular weight is 368 g/mol. The van der Waals surface area contributed by atoms with Crippen LogP contribution in [0.5, 0.6) is 0 Å². The number of hydrogen-bond acceptors (Lipinski definition) is 3. The van der Waals surface area contributed by atoms with Crippen molar-refractivity contribution >= 4 is 21.6 Å².